The predicted octanol–water partition coefficient (Wildman–Crippen LogP) is 2.89. The fourth-order valence-electron chi connectivity index (χ4n) is 1.74. The second-order valence-corrected chi connectivity index (χ2v) is 5.22. The Kier molecular flexibility index (Phi) is 6.24. The number of hydrogen-bond donors (Lipinski definition) is 2. The van der Waals surface area contributed by atoms with Gasteiger partial charge in [0.05, 0.1) is 11.6 Å². The molecule has 0 aliphatic carbocycles. The van der Waals surface area contributed by atoms with E-state index in [2.05, 4.69) is 10.6 Å². The predicted molar refractivity (Wildman–Crippen MR) is 84.9 cm³/mol. The summed E-state index contributed by atoms with van der Waals surface area (Å²) in [5, 5.41) is 4.56. The van der Waals surface area contributed by atoms with Gasteiger partial charge in [-0.3, -0.25) is 9.59 Å². The van der Waals surface area contributed by atoms with Crippen LogP contribution in [0.2, 0.25) is 5.02 Å². The van der Waals surface area contributed by atoms with Gasteiger partial charge in [-0.05, 0) is 30.3 Å². The van der Waals surface area contributed by atoms with E-state index in [4.69, 9.17) is 16.3 Å². The topological polar surface area (TPSA) is 67.4 Å². The number of amides is 2. The molecular formula is C16H12ClF3N2O3. The van der Waals surface area contributed by atoms with E-state index in [1.165, 1.54) is 12.1 Å². The molecule has 0 saturated heterocycles. The van der Waals surface area contributed by atoms with E-state index in [1.807, 2.05) is 0 Å². The van der Waals surface area contributed by atoms with Crippen molar-refractivity contribution >= 4 is 29.1 Å². The highest BCUT2D eigenvalue weighted by molar-refractivity contribution is 6.32. The van der Waals surface area contributed by atoms with E-state index in [0.717, 1.165) is 24.3 Å². The summed E-state index contributed by atoms with van der Waals surface area (Å²) >= 11 is 5.74. The fraction of sp³-hybridized carbons (Fsp3) is 0.125. The van der Waals surface area contributed by atoms with Crippen LogP contribution in [0.15, 0.2) is 36.4 Å². The summed E-state index contributed by atoms with van der Waals surface area (Å²) in [5.41, 5.74) is 0.0486. The largest absolute Gasteiger partial charge is 0.482 e. The maximum Gasteiger partial charge on any atom is 0.258 e. The second kappa shape index (κ2) is 8.39. The minimum absolute atomic E-state index is 0.00359. The van der Waals surface area contributed by atoms with Crippen LogP contribution in [-0.2, 0) is 9.59 Å². The lowest BCUT2D eigenvalue weighted by molar-refractivity contribution is -0.125. The fourth-order valence-corrected chi connectivity index (χ4v) is 1.97. The van der Waals surface area contributed by atoms with Gasteiger partial charge in [0.2, 0.25) is 5.91 Å². The highest BCUT2D eigenvalue weighted by Gasteiger charge is 2.10. The van der Waals surface area contributed by atoms with Gasteiger partial charge in [-0.1, -0.05) is 11.6 Å². The Morgan fingerprint density at radius 2 is 1.76 bits per heavy atom. The van der Waals surface area contributed by atoms with Gasteiger partial charge in [-0.2, -0.15) is 0 Å². The molecule has 2 N–H and O–H groups in total. The first-order valence-corrected chi connectivity index (χ1v) is 7.32. The van der Waals surface area contributed by atoms with Crippen molar-refractivity contribution in [2.75, 3.05) is 18.5 Å². The molecule has 0 spiro atoms. The molecule has 132 valence electrons. The molecule has 0 radical (unpaired) electrons. The Balaban J connectivity index is 1.77. The lowest BCUT2D eigenvalue weighted by atomic mass is 10.3. The summed E-state index contributed by atoms with van der Waals surface area (Å²) in [6.45, 7) is -0.845. The standard InChI is InChI=1S/C16H12ClF3N2O3/c17-11-5-9(18)1-4-14(11)25-8-16(24)21-7-15(23)22-10-2-3-12(19)13(20)6-10/h1-6H,7-8H2,(H,21,24)(H,22,23). The Morgan fingerprint density at radius 3 is 2.44 bits per heavy atom. The first-order chi connectivity index (χ1) is 11.8. The number of rotatable bonds is 6. The zero-order valence-electron chi connectivity index (χ0n) is 12.6. The molecule has 2 aromatic rings. The number of ether oxygens (including phenoxy) is 1. The number of hydrogen-bond acceptors (Lipinski definition) is 3. The first-order valence-electron chi connectivity index (χ1n) is 6.94. The molecule has 2 aromatic carbocycles. The summed E-state index contributed by atoms with van der Waals surface area (Å²) in [7, 11) is 0. The Labute approximate surface area is 145 Å². The Morgan fingerprint density at radius 1 is 1.00 bits per heavy atom. The summed E-state index contributed by atoms with van der Waals surface area (Å²) < 4.78 is 43.8. The quantitative estimate of drug-likeness (QED) is 0.819. The van der Waals surface area contributed by atoms with Gasteiger partial charge in [-0.15, -0.1) is 0 Å². The van der Waals surface area contributed by atoms with Crippen molar-refractivity contribution in [3.63, 3.8) is 0 Å². The van der Waals surface area contributed by atoms with Crippen LogP contribution in [0.3, 0.4) is 0 Å². The van der Waals surface area contributed by atoms with Crippen LogP contribution in [0.5, 0.6) is 5.75 Å². The second-order valence-electron chi connectivity index (χ2n) is 4.82. The van der Waals surface area contributed by atoms with E-state index in [-0.39, 0.29) is 16.5 Å². The third-order valence-corrected chi connectivity index (χ3v) is 3.20. The molecule has 2 amide bonds. The van der Waals surface area contributed by atoms with Gasteiger partial charge >= 0.3 is 0 Å². The summed E-state index contributed by atoms with van der Waals surface area (Å²) in [6.07, 6.45) is 0. The van der Waals surface area contributed by atoms with Gasteiger partial charge in [0.15, 0.2) is 18.2 Å². The van der Waals surface area contributed by atoms with Crippen molar-refractivity contribution < 1.29 is 27.5 Å². The number of anilines is 1. The third kappa shape index (κ3) is 5.68. The number of carbonyl (C=O) groups is 2. The molecule has 0 bridgehead atoms. The monoisotopic (exact) mass is 372 g/mol. The zero-order valence-corrected chi connectivity index (χ0v) is 13.4. The first kappa shape index (κ1) is 18.6. The van der Waals surface area contributed by atoms with E-state index in [9.17, 15) is 22.8 Å². The Hall–Kier alpha value is -2.74. The van der Waals surface area contributed by atoms with Crippen LogP contribution in [0.25, 0.3) is 0 Å². The molecule has 5 nitrogen and oxygen atoms in total. The lowest BCUT2D eigenvalue weighted by Crippen LogP contribution is -2.35. The molecule has 0 atom stereocenters. The molecule has 2 rings (SSSR count). The van der Waals surface area contributed by atoms with Crippen molar-refractivity contribution in [3.05, 3.63) is 58.9 Å². The van der Waals surface area contributed by atoms with Crippen molar-refractivity contribution in [2.45, 2.75) is 0 Å². The van der Waals surface area contributed by atoms with Crippen LogP contribution in [-0.4, -0.2) is 25.0 Å². The molecule has 0 aromatic heterocycles. The van der Waals surface area contributed by atoms with E-state index >= 15 is 0 Å². The highest BCUT2D eigenvalue weighted by atomic mass is 35.5. The van der Waals surface area contributed by atoms with Crippen LogP contribution < -0.4 is 15.4 Å². The summed E-state index contributed by atoms with van der Waals surface area (Å²) in [5.74, 6) is -3.84. The third-order valence-electron chi connectivity index (χ3n) is 2.90. The van der Waals surface area contributed by atoms with Crippen LogP contribution in [0.1, 0.15) is 0 Å². The van der Waals surface area contributed by atoms with Crippen molar-refractivity contribution in [1.82, 2.24) is 5.32 Å². The van der Waals surface area contributed by atoms with Crippen LogP contribution >= 0.6 is 11.6 Å². The van der Waals surface area contributed by atoms with Crippen molar-refractivity contribution in [2.24, 2.45) is 0 Å². The molecule has 0 aliphatic heterocycles. The van der Waals surface area contributed by atoms with E-state index < -0.39 is 42.4 Å². The number of benzene rings is 2. The maximum atomic E-state index is 13.0. The maximum absolute atomic E-state index is 13.0. The Bertz CT molecular complexity index is 802. The average Bonchev–Trinajstić information content (AvgIpc) is 2.55. The van der Waals surface area contributed by atoms with Gasteiger partial charge in [0.25, 0.3) is 5.91 Å². The summed E-state index contributed by atoms with van der Waals surface area (Å²) in [6, 6.07) is 6.27. The normalized spacial score (nSPS) is 10.2. The van der Waals surface area contributed by atoms with Crippen molar-refractivity contribution in [1.29, 1.82) is 0 Å². The average molecular weight is 373 g/mol. The lowest BCUT2D eigenvalue weighted by Gasteiger charge is -2.09. The van der Waals surface area contributed by atoms with Gasteiger partial charge in [0.1, 0.15) is 11.6 Å². The molecule has 0 heterocycles. The minimum Gasteiger partial charge on any atom is -0.482 e. The molecule has 0 saturated carbocycles. The number of carbonyl (C=O) groups excluding carboxylic acids is 2. The van der Waals surface area contributed by atoms with E-state index in [1.54, 1.807) is 0 Å². The molecule has 0 unspecified atom stereocenters. The SMILES string of the molecule is O=C(COc1ccc(F)cc1Cl)NCC(=O)Nc1ccc(F)c(F)c1. The molecule has 0 fully saturated rings. The van der Waals surface area contributed by atoms with Gasteiger partial charge < -0.3 is 15.4 Å². The van der Waals surface area contributed by atoms with Crippen LogP contribution in [0, 0.1) is 17.5 Å². The van der Waals surface area contributed by atoms with Crippen LogP contribution in [0.4, 0.5) is 18.9 Å². The molecule has 0 aliphatic rings. The number of nitrogens with one attached hydrogen (secondary N) is 2. The minimum atomic E-state index is -1.11. The van der Waals surface area contributed by atoms with Gasteiger partial charge in [0, 0.05) is 11.8 Å². The molecule has 25 heavy (non-hydrogen) atoms. The molecular weight excluding hydrogens is 361 g/mol. The van der Waals surface area contributed by atoms with Gasteiger partial charge in [-0.25, -0.2) is 13.2 Å². The smallest absolute Gasteiger partial charge is 0.258 e. The highest BCUT2D eigenvalue weighted by Crippen LogP contribution is 2.24. The molecule has 9 heteroatoms. The zero-order chi connectivity index (χ0) is 18.4. The number of halogens is 4. The van der Waals surface area contributed by atoms with E-state index in [0.29, 0.717) is 0 Å². The van der Waals surface area contributed by atoms with Crippen molar-refractivity contribution in [3.8, 4) is 5.75 Å². The summed E-state index contributed by atoms with van der Waals surface area (Å²) in [4.78, 5) is 23.2.